The van der Waals surface area contributed by atoms with Gasteiger partial charge < -0.3 is 4.74 Å². The number of carbonyl (C=O) groups excluding carboxylic acids is 1. The van der Waals surface area contributed by atoms with E-state index in [1.807, 2.05) is 0 Å². The quantitative estimate of drug-likeness (QED) is 0.494. The largest absolute Gasteiger partial charge is 0.575 e. The molecule has 0 saturated carbocycles. The van der Waals surface area contributed by atoms with Gasteiger partial charge in [0.05, 0.1) is 0 Å². The van der Waals surface area contributed by atoms with E-state index in [9.17, 15) is 18.0 Å². The minimum Gasteiger partial charge on any atom is -0.373 e. The predicted molar refractivity (Wildman–Crippen MR) is 36.2 cm³/mol. The third kappa shape index (κ3) is 7.11. The molecule has 0 heterocycles. The molecule has 0 N–H and O–H groups in total. The molecule has 2 nitrogen and oxygen atoms in total. The van der Waals surface area contributed by atoms with Crippen LogP contribution in [0.15, 0.2) is 12.2 Å². The average Bonchev–Trinajstić information content (AvgIpc) is 1.84. The van der Waals surface area contributed by atoms with E-state index in [0.717, 1.165) is 0 Å². The number of ether oxygens (including phenoxy) is 1. The Morgan fingerprint density at radius 3 is 2.50 bits per heavy atom. The molecule has 0 aliphatic rings. The molecule has 0 amide bonds. The molecule has 12 heavy (non-hydrogen) atoms. The fraction of sp³-hybridized carbons (Fsp3) is 0.571. The van der Waals surface area contributed by atoms with Crippen molar-refractivity contribution in [2.75, 3.05) is 0 Å². The smallest absolute Gasteiger partial charge is 0.373 e. The van der Waals surface area contributed by atoms with E-state index in [4.69, 9.17) is 0 Å². The molecular weight excluding hydrogens is 173 g/mol. The van der Waals surface area contributed by atoms with E-state index >= 15 is 0 Å². The Balaban J connectivity index is 3.61. The van der Waals surface area contributed by atoms with Crippen LogP contribution in [-0.2, 0) is 9.53 Å². The Bertz CT molecular complexity index is 172. The molecule has 0 unspecified atom stereocenters. The van der Waals surface area contributed by atoms with Gasteiger partial charge in [0.15, 0.2) is 0 Å². The maximum absolute atomic E-state index is 11.4. The molecule has 0 bridgehead atoms. The van der Waals surface area contributed by atoms with Crippen molar-refractivity contribution in [3.63, 3.8) is 0 Å². The Kier molecular flexibility index (Phi) is 4.39. The lowest BCUT2D eigenvalue weighted by Gasteiger charge is -2.05. The van der Waals surface area contributed by atoms with Crippen LogP contribution in [0, 0.1) is 0 Å². The minimum absolute atomic E-state index is 0.246. The Morgan fingerprint density at radius 1 is 1.50 bits per heavy atom. The summed E-state index contributed by atoms with van der Waals surface area (Å²) in [6.07, 6.45) is -1.58. The van der Waals surface area contributed by atoms with Gasteiger partial charge in [-0.25, -0.2) is 0 Å². The van der Waals surface area contributed by atoms with Crippen LogP contribution in [0.1, 0.15) is 19.8 Å². The van der Waals surface area contributed by atoms with Gasteiger partial charge in [-0.2, -0.15) is 0 Å². The zero-order valence-corrected chi connectivity index (χ0v) is 6.52. The van der Waals surface area contributed by atoms with Gasteiger partial charge in [0.25, 0.3) is 0 Å². The highest BCUT2D eigenvalue weighted by molar-refractivity contribution is 5.69. The van der Waals surface area contributed by atoms with Crippen molar-refractivity contribution in [1.29, 1.82) is 0 Å². The van der Waals surface area contributed by atoms with Crippen LogP contribution in [0.5, 0.6) is 0 Å². The highest BCUT2D eigenvalue weighted by Crippen LogP contribution is 2.17. The summed E-state index contributed by atoms with van der Waals surface area (Å²) in [6.45, 7) is 1.72. The number of alkyl halides is 3. The number of halogens is 3. The zero-order chi connectivity index (χ0) is 9.61. The van der Waals surface area contributed by atoms with Crippen molar-refractivity contribution in [1.82, 2.24) is 0 Å². The van der Waals surface area contributed by atoms with Crippen LogP contribution in [0.25, 0.3) is 0 Å². The van der Waals surface area contributed by atoms with Gasteiger partial charge in [-0.1, -0.05) is 12.2 Å². The standard InChI is InChI=1S/C7H9F3O2/c1-2-3-4-5-6(11)12-7(8,9)10/h2-3H,4-5H2,1H3. The number of carbonyl (C=O) groups is 1. The number of allylic oxidation sites excluding steroid dienone is 2. The van der Waals surface area contributed by atoms with E-state index in [2.05, 4.69) is 4.74 Å². The van der Waals surface area contributed by atoms with Gasteiger partial charge in [0, 0.05) is 6.42 Å². The summed E-state index contributed by atoms with van der Waals surface area (Å²) in [5, 5.41) is 0. The second-order valence-electron chi connectivity index (χ2n) is 2.03. The normalized spacial score (nSPS) is 12.0. The minimum atomic E-state index is -4.85. The van der Waals surface area contributed by atoms with Crippen LogP contribution in [0.3, 0.4) is 0 Å². The molecule has 0 aromatic carbocycles. The number of rotatable bonds is 3. The topological polar surface area (TPSA) is 26.3 Å². The monoisotopic (exact) mass is 182 g/mol. The summed E-state index contributed by atoms with van der Waals surface area (Å²) >= 11 is 0. The van der Waals surface area contributed by atoms with Crippen molar-refractivity contribution in [2.45, 2.75) is 26.1 Å². The molecule has 0 fully saturated rings. The molecule has 0 saturated heterocycles. The Hall–Kier alpha value is -1.00. The zero-order valence-electron chi connectivity index (χ0n) is 6.52. The van der Waals surface area contributed by atoms with Crippen molar-refractivity contribution in [3.05, 3.63) is 12.2 Å². The molecule has 0 spiro atoms. The second kappa shape index (κ2) is 4.79. The molecule has 5 heteroatoms. The van der Waals surface area contributed by atoms with E-state index in [-0.39, 0.29) is 12.8 Å². The van der Waals surface area contributed by atoms with Gasteiger partial charge in [0.1, 0.15) is 0 Å². The Morgan fingerprint density at radius 2 is 2.08 bits per heavy atom. The van der Waals surface area contributed by atoms with Crippen molar-refractivity contribution < 1.29 is 22.7 Å². The fourth-order valence-corrected chi connectivity index (χ4v) is 0.548. The van der Waals surface area contributed by atoms with Gasteiger partial charge >= 0.3 is 12.3 Å². The third-order valence-electron chi connectivity index (χ3n) is 0.980. The molecule has 0 aromatic rings. The number of hydrogen-bond donors (Lipinski definition) is 0. The van der Waals surface area contributed by atoms with Gasteiger partial charge in [-0.15, -0.1) is 13.2 Å². The summed E-state index contributed by atoms with van der Waals surface area (Å²) in [6, 6.07) is 0. The molecule has 0 aliphatic heterocycles. The summed E-state index contributed by atoms with van der Waals surface area (Å²) in [7, 11) is 0. The highest BCUT2D eigenvalue weighted by Gasteiger charge is 2.33. The van der Waals surface area contributed by atoms with Gasteiger partial charge in [-0.3, -0.25) is 4.79 Å². The third-order valence-corrected chi connectivity index (χ3v) is 0.980. The highest BCUT2D eigenvalue weighted by atomic mass is 19.4. The van der Waals surface area contributed by atoms with Crippen molar-refractivity contribution in [3.8, 4) is 0 Å². The van der Waals surface area contributed by atoms with Crippen molar-refractivity contribution >= 4 is 5.97 Å². The van der Waals surface area contributed by atoms with Crippen molar-refractivity contribution in [2.24, 2.45) is 0 Å². The molecule has 0 atom stereocenters. The predicted octanol–water partition coefficient (Wildman–Crippen LogP) is 2.41. The first kappa shape index (κ1) is 11.0. The summed E-state index contributed by atoms with van der Waals surface area (Å²) < 4.78 is 37.2. The molecular formula is C7H9F3O2. The molecule has 70 valence electrons. The molecule has 0 aromatic heterocycles. The second-order valence-corrected chi connectivity index (χ2v) is 2.03. The van der Waals surface area contributed by atoms with E-state index in [0.29, 0.717) is 0 Å². The van der Waals surface area contributed by atoms with Crippen LogP contribution in [0.4, 0.5) is 13.2 Å². The fourth-order valence-electron chi connectivity index (χ4n) is 0.548. The first-order valence-corrected chi connectivity index (χ1v) is 3.35. The maximum Gasteiger partial charge on any atom is 0.575 e. The number of hydrogen-bond acceptors (Lipinski definition) is 2. The number of esters is 1. The van der Waals surface area contributed by atoms with Crippen LogP contribution in [0.2, 0.25) is 0 Å². The van der Waals surface area contributed by atoms with E-state index < -0.39 is 12.3 Å². The SMILES string of the molecule is CC=CCCC(=O)OC(F)(F)F. The lowest BCUT2D eigenvalue weighted by Crippen LogP contribution is -2.18. The first-order valence-electron chi connectivity index (χ1n) is 3.35. The van der Waals surface area contributed by atoms with Crippen LogP contribution < -0.4 is 0 Å². The molecule has 0 rings (SSSR count). The molecule has 0 aliphatic carbocycles. The van der Waals surface area contributed by atoms with Crippen LogP contribution >= 0.6 is 0 Å². The average molecular weight is 182 g/mol. The first-order chi connectivity index (χ1) is 5.45. The van der Waals surface area contributed by atoms with Crippen LogP contribution in [-0.4, -0.2) is 12.3 Å². The summed E-state index contributed by atoms with van der Waals surface area (Å²) in [5.74, 6) is -1.25. The summed E-state index contributed by atoms with van der Waals surface area (Å²) in [5.41, 5.74) is 0. The van der Waals surface area contributed by atoms with E-state index in [1.165, 1.54) is 0 Å². The maximum atomic E-state index is 11.4. The van der Waals surface area contributed by atoms with E-state index in [1.54, 1.807) is 19.1 Å². The lowest BCUT2D eigenvalue weighted by molar-refractivity contribution is -0.305. The van der Waals surface area contributed by atoms with Gasteiger partial charge in [0.2, 0.25) is 0 Å². The molecule has 0 radical (unpaired) electrons. The van der Waals surface area contributed by atoms with Gasteiger partial charge in [-0.05, 0) is 13.3 Å². The lowest BCUT2D eigenvalue weighted by atomic mass is 10.3. The Labute approximate surface area is 68.0 Å². The summed E-state index contributed by atoms with van der Waals surface area (Å²) in [4.78, 5) is 10.4.